The first-order valence-corrected chi connectivity index (χ1v) is 6.47. The van der Waals surface area contributed by atoms with E-state index in [1.54, 1.807) is 24.9 Å². The second-order valence-electron chi connectivity index (χ2n) is 4.77. The molecule has 0 radical (unpaired) electrons. The Kier molecular flexibility index (Phi) is 3.06. The summed E-state index contributed by atoms with van der Waals surface area (Å²) < 4.78 is 7.42. The highest BCUT2D eigenvalue weighted by Gasteiger charge is 2.18. The number of pyridine rings is 1. The normalized spacial score (nSPS) is 10.8. The highest BCUT2D eigenvalue weighted by Crippen LogP contribution is 2.28. The number of ether oxygens (including phenoxy) is 1. The van der Waals surface area contributed by atoms with Crippen molar-refractivity contribution in [1.82, 2.24) is 14.8 Å². The predicted octanol–water partition coefficient (Wildman–Crippen LogP) is 2.35. The first kappa shape index (κ1) is 13.1. The molecule has 0 amide bonds. The van der Waals surface area contributed by atoms with E-state index in [0.717, 1.165) is 10.9 Å². The zero-order chi connectivity index (χ0) is 15.0. The van der Waals surface area contributed by atoms with Crippen LogP contribution in [0.4, 0.5) is 0 Å². The number of nitrogens with one attached hydrogen (secondary N) is 1. The van der Waals surface area contributed by atoms with Gasteiger partial charge in [0.1, 0.15) is 17.1 Å². The molecule has 0 bridgehead atoms. The minimum Gasteiger partial charge on any atom is -0.437 e. The number of nitrogens with zero attached hydrogens (tertiary/aromatic N) is 3. The Bertz CT molecular complexity index is 837. The van der Waals surface area contributed by atoms with Crippen molar-refractivity contribution < 1.29 is 4.74 Å². The van der Waals surface area contributed by atoms with Crippen molar-refractivity contribution in [3.63, 3.8) is 0 Å². The number of rotatable bonds is 3. The van der Waals surface area contributed by atoms with Crippen LogP contribution in [0.25, 0.3) is 10.9 Å². The van der Waals surface area contributed by atoms with E-state index in [1.165, 1.54) is 0 Å². The molecule has 3 aromatic rings. The lowest BCUT2D eigenvalue weighted by atomic mass is 10.2. The van der Waals surface area contributed by atoms with Crippen LogP contribution in [0.1, 0.15) is 11.3 Å². The number of aryl methyl sites for hydroxylation is 2. The zero-order valence-electron chi connectivity index (χ0n) is 11.8. The lowest BCUT2D eigenvalue weighted by Gasteiger charge is -2.08. The van der Waals surface area contributed by atoms with E-state index in [9.17, 15) is 0 Å². The molecule has 0 unspecified atom stereocenters. The van der Waals surface area contributed by atoms with E-state index in [0.29, 0.717) is 22.9 Å². The third-order valence-electron chi connectivity index (χ3n) is 3.22. The van der Waals surface area contributed by atoms with Gasteiger partial charge < -0.3 is 10.5 Å². The van der Waals surface area contributed by atoms with E-state index in [4.69, 9.17) is 15.9 Å². The number of para-hydroxylation sites is 1. The van der Waals surface area contributed by atoms with E-state index >= 15 is 0 Å². The van der Waals surface area contributed by atoms with Gasteiger partial charge in [-0.2, -0.15) is 5.10 Å². The molecule has 0 aliphatic rings. The summed E-state index contributed by atoms with van der Waals surface area (Å²) in [5.74, 6) is 0.959. The molecule has 21 heavy (non-hydrogen) atoms. The van der Waals surface area contributed by atoms with E-state index < -0.39 is 0 Å². The number of amidine groups is 1. The Morgan fingerprint density at radius 2 is 2.10 bits per heavy atom. The minimum absolute atomic E-state index is 0.0654. The fourth-order valence-electron chi connectivity index (χ4n) is 2.28. The molecule has 2 aromatic heterocycles. The van der Waals surface area contributed by atoms with Crippen molar-refractivity contribution in [2.45, 2.75) is 6.92 Å². The Hall–Kier alpha value is -2.89. The standard InChI is InChI=1S/C15H15N5O/c1-9-13(14(16)17)15(20(2)19-9)21-11-7-10-5-3-4-6-12(10)18-8-11/h3-8H,1-2H3,(H3,16,17). The fraction of sp³-hybridized carbons (Fsp3) is 0.133. The van der Waals surface area contributed by atoms with Gasteiger partial charge in [0.25, 0.3) is 0 Å². The molecule has 3 rings (SSSR count). The molecule has 0 atom stereocenters. The summed E-state index contributed by atoms with van der Waals surface area (Å²) in [4.78, 5) is 4.35. The van der Waals surface area contributed by atoms with Crippen LogP contribution in [0.2, 0.25) is 0 Å². The van der Waals surface area contributed by atoms with Crippen molar-refractivity contribution in [3.05, 3.63) is 47.8 Å². The molecular formula is C15H15N5O. The van der Waals surface area contributed by atoms with Gasteiger partial charge in [-0.15, -0.1) is 0 Å². The zero-order valence-corrected chi connectivity index (χ0v) is 11.8. The van der Waals surface area contributed by atoms with Gasteiger partial charge in [0.15, 0.2) is 0 Å². The van der Waals surface area contributed by atoms with Crippen molar-refractivity contribution >= 4 is 16.7 Å². The maximum absolute atomic E-state index is 7.66. The van der Waals surface area contributed by atoms with Gasteiger partial charge in [-0.25, -0.2) is 4.68 Å². The van der Waals surface area contributed by atoms with Gasteiger partial charge in [0.2, 0.25) is 5.88 Å². The van der Waals surface area contributed by atoms with E-state index in [2.05, 4.69) is 10.1 Å². The van der Waals surface area contributed by atoms with Crippen LogP contribution >= 0.6 is 0 Å². The van der Waals surface area contributed by atoms with Gasteiger partial charge in [-0.05, 0) is 19.1 Å². The molecule has 0 aliphatic carbocycles. The molecule has 0 saturated carbocycles. The number of benzene rings is 1. The SMILES string of the molecule is Cc1nn(C)c(Oc2cnc3ccccc3c2)c1C(=N)N. The molecule has 2 heterocycles. The lowest BCUT2D eigenvalue weighted by molar-refractivity contribution is 0.429. The summed E-state index contributed by atoms with van der Waals surface area (Å²) in [7, 11) is 1.75. The number of hydrogen-bond acceptors (Lipinski definition) is 4. The first-order chi connectivity index (χ1) is 10.1. The maximum atomic E-state index is 7.66. The second kappa shape index (κ2) is 4.90. The molecule has 6 nitrogen and oxygen atoms in total. The van der Waals surface area contributed by atoms with E-state index in [-0.39, 0.29) is 5.84 Å². The Labute approximate surface area is 121 Å². The molecule has 3 N–H and O–H groups in total. The summed E-state index contributed by atoms with van der Waals surface area (Å²) in [5, 5.41) is 12.9. The quantitative estimate of drug-likeness (QED) is 0.569. The molecule has 106 valence electrons. The highest BCUT2D eigenvalue weighted by atomic mass is 16.5. The molecule has 0 fully saturated rings. The maximum Gasteiger partial charge on any atom is 0.228 e. The average molecular weight is 281 g/mol. The number of nitrogens with two attached hydrogens (primary N) is 1. The Morgan fingerprint density at radius 1 is 1.33 bits per heavy atom. The molecule has 1 aromatic carbocycles. The molecule has 0 spiro atoms. The second-order valence-corrected chi connectivity index (χ2v) is 4.77. The van der Waals surface area contributed by atoms with Crippen LogP contribution in [0.15, 0.2) is 36.5 Å². The number of fused-ring (bicyclic) bond motifs is 1. The fourth-order valence-corrected chi connectivity index (χ4v) is 2.28. The Balaban J connectivity index is 2.04. The lowest BCUT2D eigenvalue weighted by Crippen LogP contribution is -2.13. The van der Waals surface area contributed by atoms with Crippen molar-refractivity contribution in [2.24, 2.45) is 12.8 Å². The van der Waals surface area contributed by atoms with Gasteiger partial charge in [0, 0.05) is 12.4 Å². The topological polar surface area (TPSA) is 89.8 Å². The molecule has 6 heteroatoms. The van der Waals surface area contributed by atoms with Crippen LogP contribution in [0.3, 0.4) is 0 Å². The van der Waals surface area contributed by atoms with Crippen molar-refractivity contribution in [3.8, 4) is 11.6 Å². The molecular weight excluding hydrogens is 266 g/mol. The van der Waals surface area contributed by atoms with Crippen molar-refractivity contribution in [2.75, 3.05) is 0 Å². The monoisotopic (exact) mass is 281 g/mol. The van der Waals surface area contributed by atoms with Gasteiger partial charge in [-0.1, -0.05) is 18.2 Å². The minimum atomic E-state index is -0.0654. The summed E-state index contributed by atoms with van der Waals surface area (Å²) >= 11 is 0. The van der Waals surface area contributed by atoms with Crippen LogP contribution in [-0.4, -0.2) is 20.6 Å². The van der Waals surface area contributed by atoms with Crippen LogP contribution in [0.5, 0.6) is 11.6 Å². The first-order valence-electron chi connectivity index (χ1n) is 6.47. The number of nitrogen functional groups attached to an aromatic ring is 1. The third kappa shape index (κ3) is 2.31. The Morgan fingerprint density at radius 3 is 2.86 bits per heavy atom. The van der Waals surface area contributed by atoms with E-state index in [1.807, 2.05) is 30.3 Å². The van der Waals surface area contributed by atoms with Crippen molar-refractivity contribution in [1.29, 1.82) is 5.41 Å². The summed E-state index contributed by atoms with van der Waals surface area (Å²) in [6, 6.07) is 9.69. The van der Waals surface area contributed by atoms with Crippen LogP contribution < -0.4 is 10.5 Å². The van der Waals surface area contributed by atoms with Crippen LogP contribution in [0, 0.1) is 12.3 Å². The highest BCUT2D eigenvalue weighted by molar-refractivity contribution is 5.98. The molecule has 0 saturated heterocycles. The van der Waals surface area contributed by atoms with Gasteiger partial charge in [0.05, 0.1) is 17.4 Å². The smallest absolute Gasteiger partial charge is 0.228 e. The van der Waals surface area contributed by atoms with Crippen LogP contribution in [-0.2, 0) is 7.05 Å². The summed E-state index contributed by atoms with van der Waals surface area (Å²) in [6.07, 6.45) is 1.65. The largest absolute Gasteiger partial charge is 0.437 e. The van der Waals surface area contributed by atoms with Gasteiger partial charge >= 0.3 is 0 Å². The summed E-state index contributed by atoms with van der Waals surface area (Å²) in [5.41, 5.74) is 7.67. The number of aromatic nitrogens is 3. The summed E-state index contributed by atoms with van der Waals surface area (Å²) in [6.45, 7) is 1.79. The average Bonchev–Trinajstić information content (AvgIpc) is 2.73. The molecule has 0 aliphatic heterocycles. The van der Waals surface area contributed by atoms with Gasteiger partial charge in [-0.3, -0.25) is 10.4 Å². The number of hydrogen-bond donors (Lipinski definition) is 2. The third-order valence-corrected chi connectivity index (χ3v) is 3.22. The predicted molar refractivity (Wildman–Crippen MR) is 80.8 cm³/mol.